The molecule has 0 bridgehead atoms. The molecule has 0 radical (unpaired) electrons. The van der Waals surface area contributed by atoms with E-state index in [1.807, 2.05) is 0 Å². The molecule has 0 saturated carbocycles. The van der Waals surface area contributed by atoms with Gasteiger partial charge < -0.3 is 5.32 Å². The Balaban J connectivity index is 1.89. The van der Waals surface area contributed by atoms with Crippen molar-refractivity contribution in [2.24, 2.45) is 0 Å². The van der Waals surface area contributed by atoms with Crippen molar-refractivity contribution < 1.29 is 18.0 Å². The van der Waals surface area contributed by atoms with Crippen molar-refractivity contribution >= 4 is 34.1 Å². The van der Waals surface area contributed by atoms with E-state index in [1.165, 1.54) is 36.4 Å². The topological polar surface area (TPSA) is 46.9 Å². The van der Waals surface area contributed by atoms with E-state index in [2.05, 4.69) is 10.3 Å². The molecule has 1 unspecified atom stereocenters. The standard InChI is InChI=1S/C22H13ClF3N3O/c23-13-9-11-14(12-10-13)28-21(22(24,25)26)19(30)15-5-1-2-6-16(15)20-27-17-7-3-4-8-18(17)29(20)21/h1-12,28H. The molecule has 0 amide bonds. The zero-order chi connectivity index (χ0) is 21.1. The Morgan fingerprint density at radius 1 is 0.900 bits per heavy atom. The van der Waals surface area contributed by atoms with Gasteiger partial charge in [-0.05, 0) is 36.4 Å². The number of carbonyl (C=O) groups excluding carboxylic acids is 1. The molecule has 150 valence electrons. The first-order valence-corrected chi connectivity index (χ1v) is 9.43. The van der Waals surface area contributed by atoms with Gasteiger partial charge in [-0.15, -0.1) is 0 Å². The summed E-state index contributed by atoms with van der Waals surface area (Å²) in [6, 6.07) is 18.4. The Kier molecular flexibility index (Phi) is 3.95. The summed E-state index contributed by atoms with van der Waals surface area (Å²) in [6.07, 6.45) is -4.98. The van der Waals surface area contributed by atoms with Crippen LogP contribution in [0.4, 0.5) is 18.9 Å². The van der Waals surface area contributed by atoms with Crippen LogP contribution in [0, 0.1) is 0 Å². The third-order valence-corrected chi connectivity index (χ3v) is 5.47. The predicted molar refractivity (Wildman–Crippen MR) is 109 cm³/mol. The van der Waals surface area contributed by atoms with Crippen LogP contribution >= 0.6 is 11.6 Å². The zero-order valence-corrected chi connectivity index (χ0v) is 16.0. The molecule has 4 aromatic rings. The first kappa shape index (κ1) is 18.7. The van der Waals surface area contributed by atoms with Gasteiger partial charge >= 0.3 is 6.18 Å². The number of carbonyl (C=O) groups is 1. The molecule has 5 rings (SSSR count). The van der Waals surface area contributed by atoms with Crippen LogP contribution in [0.1, 0.15) is 10.4 Å². The number of benzene rings is 3. The number of ketones is 1. The molecule has 1 atom stereocenters. The fourth-order valence-corrected chi connectivity index (χ4v) is 4.03. The maximum atomic E-state index is 14.8. The zero-order valence-electron chi connectivity index (χ0n) is 15.2. The number of aromatic nitrogens is 2. The van der Waals surface area contributed by atoms with Crippen LogP contribution in [0.5, 0.6) is 0 Å². The normalized spacial score (nSPS) is 18.2. The second kappa shape index (κ2) is 6.34. The molecule has 1 aromatic heterocycles. The number of halogens is 4. The highest BCUT2D eigenvalue weighted by Crippen LogP contribution is 2.48. The van der Waals surface area contributed by atoms with Gasteiger partial charge in [-0.2, -0.15) is 13.2 Å². The van der Waals surface area contributed by atoms with Gasteiger partial charge in [-0.1, -0.05) is 48.0 Å². The number of Topliss-reactive ketones (excluding diaryl/α,β-unsaturated/α-hetero) is 1. The van der Waals surface area contributed by atoms with Crippen molar-refractivity contribution in [2.45, 2.75) is 11.8 Å². The van der Waals surface area contributed by atoms with Crippen molar-refractivity contribution in [3.05, 3.63) is 83.4 Å². The summed E-state index contributed by atoms with van der Waals surface area (Å²) >= 11 is 5.88. The molecule has 3 aromatic carbocycles. The number of nitrogens with zero attached hydrogens (tertiary/aromatic N) is 2. The second-order valence-corrected chi connectivity index (χ2v) is 7.41. The lowest BCUT2D eigenvalue weighted by Gasteiger charge is -2.41. The van der Waals surface area contributed by atoms with Gasteiger partial charge in [-0.3, -0.25) is 9.36 Å². The Morgan fingerprint density at radius 3 is 2.23 bits per heavy atom. The van der Waals surface area contributed by atoms with E-state index in [0.717, 1.165) is 4.57 Å². The Hall–Kier alpha value is -3.32. The van der Waals surface area contributed by atoms with E-state index in [-0.39, 0.29) is 22.6 Å². The van der Waals surface area contributed by atoms with Gasteiger partial charge in [0.05, 0.1) is 11.0 Å². The third-order valence-electron chi connectivity index (χ3n) is 5.22. The van der Waals surface area contributed by atoms with Crippen LogP contribution < -0.4 is 5.32 Å². The molecule has 2 heterocycles. The molecule has 0 aliphatic carbocycles. The fraction of sp³-hybridized carbons (Fsp3) is 0.0909. The molecule has 0 spiro atoms. The van der Waals surface area contributed by atoms with Gasteiger partial charge in [0, 0.05) is 21.8 Å². The van der Waals surface area contributed by atoms with Crippen LogP contribution in [-0.4, -0.2) is 21.5 Å². The number of rotatable bonds is 2. The first-order valence-electron chi connectivity index (χ1n) is 9.05. The molecule has 1 N–H and O–H groups in total. The maximum Gasteiger partial charge on any atom is 0.438 e. The summed E-state index contributed by atoms with van der Waals surface area (Å²) in [5.41, 5.74) is -2.08. The number of imidazole rings is 1. The summed E-state index contributed by atoms with van der Waals surface area (Å²) in [4.78, 5) is 17.9. The van der Waals surface area contributed by atoms with E-state index >= 15 is 0 Å². The molecule has 0 fully saturated rings. The third kappa shape index (κ3) is 2.48. The van der Waals surface area contributed by atoms with Gasteiger partial charge in [0.1, 0.15) is 5.82 Å². The van der Waals surface area contributed by atoms with Crippen LogP contribution in [-0.2, 0) is 5.66 Å². The number of nitrogens with one attached hydrogen (secondary N) is 1. The Bertz CT molecular complexity index is 1300. The van der Waals surface area contributed by atoms with Crippen LogP contribution in [0.2, 0.25) is 5.02 Å². The number of fused-ring (bicyclic) bond motifs is 5. The SMILES string of the molecule is O=C1c2ccccc2-c2nc3ccccc3n2C1(Nc1ccc(Cl)cc1)C(F)(F)F. The lowest BCUT2D eigenvalue weighted by molar-refractivity contribution is -0.186. The van der Waals surface area contributed by atoms with E-state index in [1.54, 1.807) is 36.4 Å². The number of hydrogen-bond acceptors (Lipinski definition) is 3. The molecule has 1 aliphatic rings. The molecule has 30 heavy (non-hydrogen) atoms. The van der Waals surface area contributed by atoms with Crippen molar-refractivity contribution in [3.8, 4) is 11.4 Å². The summed E-state index contributed by atoms with van der Waals surface area (Å²) in [5, 5.41) is 2.85. The van der Waals surface area contributed by atoms with E-state index in [4.69, 9.17) is 11.6 Å². The van der Waals surface area contributed by atoms with E-state index in [9.17, 15) is 18.0 Å². The average Bonchev–Trinajstić information content (AvgIpc) is 3.12. The number of para-hydroxylation sites is 2. The van der Waals surface area contributed by atoms with Crippen molar-refractivity contribution in [1.29, 1.82) is 0 Å². The van der Waals surface area contributed by atoms with Gasteiger partial charge in [0.15, 0.2) is 0 Å². The van der Waals surface area contributed by atoms with E-state index < -0.39 is 17.6 Å². The first-order chi connectivity index (χ1) is 14.3. The highest BCUT2D eigenvalue weighted by Gasteiger charge is 2.65. The smallest absolute Gasteiger partial charge is 0.348 e. The van der Waals surface area contributed by atoms with Gasteiger partial charge in [0.25, 0.3) is 5.66 Å². The average molecular weight is 428 g/mol. The molecule has 1 aliphatic heterocycles. The summed E-state index contributed by atoms with van der Waals surface area (Å²) < 4.78 is 45.5. The molecule has 8 heteroatoms. The monoisotopic (exact) mass is 427 g/mol. The fourth-order valence-electron chi connectivity index (χ4n) is 3.90. The summed E-state index contributed by atoms with van der Waals surface area (Å²) in [7, 11) is 0. The predicted octanol–water partition coefficient (Wildman–Crippen LogP) is 5.88. The summed E-state index contributed by atoms with van der Waals surface area (Å²) in [5.74, 6) is -1.03. The lowest BCUT2D eigenvalue weighted by atomic mass is 9.88. The molecule has 4 nitrogen and oxygen atoms in total. The Labute approximate surface area is 173 Å². The van der Waals surface area contributed by atoms with E-state index in [0.29, 0.717) is 16.1 Å². The second-order valence-electron chi connectivity index (χ2n) is 6.97. The van der Waals surface area contributed by atoms with Crippen LogP contribution in [0.25, 0.3) is 22.4 Å². The maximum absolute atomic E-state index is 14.8. The minimum absolute atomic E-state index is 0.0425. The van der Waals surface area contributed by atoms with Crippen LogP contribution in [0.3, 0.4) is 0 Å². The minimum atomic E-state index is -4.98. The number of alkyl halides is 3. The number of anilines is 1. The molecular formula is C22H13ClF3N3O. The quantitative estimate of drug-likeness (QED) is 0.434. The van der Waals surface area contributed by atoms with Crippen LogP contribution in [0.15, 0.2) is 72.8 Å². The Morgan fingerprint density at radius 2 is 1.53 bits per heavy atom. The van der Waals surface area contributed by atoms with Gasteiger partial charge in [0.2, 0.25) is 5.78 Å². The molecule has 0 saturated heterocycles. The molecular weight excluding hydrogens is 415 g/mol. The van der Waals surface area contributed by atoms with Crippen molar-refractivity contribution in [1.82, 2.24) is 9.55 Å². The lowest BCUT2D eigenvalue weighted by Crippen LogP contribution is -2.61. The minimum Gasteiger partial charge on any atom is -0.348 e. The number of hydrogen-bond donors (Lipinski definition) is 1. The van der Waals surface area contributed by atoms with Crippen molar-refractivity contribution in [3.63, 3.8) is 0 Å². The van der Waals surface area contributed by atoms with Gasteiger partial charge in [-0.25, -0.2) is 4.98 Å². The largest absolute Gasteiger partial charge is 0.438 e. The van der Waals surface area contributed by atoms with Crippen molar-refractivity contribution in [2.75, 3.05) is 5.32 Å². The summed E-state index contributed by atoms with van der Waals surface area (Å²) in [6.45, 7) is 0. The highest BCUT2D eigenvalue weighted by atomic mass is 35.5. The highest BCUT2D eigenvalue weighted by molar-refractivity contribution is 6.30.